The van der Waals surface area contributed by atoms with Gasteiger partial charge in [-0.3, -0.25) is 5.32 Å². The molecule has 17 heavy (non-hydrogen) atoms. The molecule has 1 aromatic carbocycles. The summed E-state index contributed by atoms with van der Waals surface area (Å²) < 4.78 is 4.96. The minimum atomic E-state index is -0.491. The molecule has 0 bridgehead atoms. The van der Waals surface area contributed by atoms with Crippen LogP contribution in [0.1, 0.15) is 0 Å². The summed E-state index contributed by atoms with van der Waals surface area (Å²) in [6, 6.07) is 7.01. The third-order valence-corrected chi connectivity index (χ3v) is 2.21. The fourth-order valence-electron chi connectivity index (χ4n) is 1.03. The van der Waals surface area contributed by atoms with Crippen LogP contribution in [0, 0.1) is 0 Å². The number of likely N-dealkylation sites (N-methyl/N-ethyl adjacent to an activating group) is 1. The van der Waals surface area contributed by atoms with E-state index in [1.165, 1.54) is 0 Å². The molecule has 0 radical (unpaired) electrons. The molecule has 0 saturated carbocycles. The Labute approximate surface area is 112 Å². The Balaban J connectivity index is 0.00000256. The summed E-state index contributed by atoms with van der Waals surface area (Å²) in [5.41, 5.74) is 0.555. The van der Waals surface area contributed by atoms with Crippen molar-refractivity contribution in [3.8, 4) is 0 Å². The molecule has 1 rings (SSSR count). The van der Waals surface area contributed by atoms with Gasteiger partial charge in [0.25, 0.3) is 0 Å². The minimum absolute atomic E-state index is 0. The number of hydrogen-bond donors (Lipinski definition) is 1. The summed E-state index contributed by atoms with van der Waals surface area (Å²) in [6.07, 6.45) is -0.491. The van der Waals surface area contributed by atoms with E-state index in [9.17, 15) is 4.79 Å². The van der Waals surface area contributed by atoms with Crippen LogP contribution in [-0.4, -0.2) is 38.2 Å². The minimum Gasteiger partial charge on any atom is -0.448 e. The van der Waals surface area contributed by atoms with E-state index in [-0.39, 0.29) is 12.4 Å². The molecule has 1 N–H and O–H groups in total. The van der Waals surface area contributed by atoms with Crippen LogP contribution < -0.4 is 5.32 Å². The smallest absolute Gasteiger partial charge is 0.411 e. The molecule has 0 saturated heterocycles. The molecule has 1 aromatic rings. The molecule has 0 fully saturated rings. The van der Waals surface area contributed by atoms with E-state index in [0.717, 1.165) is 0 Å². The number of hydrogen-bond acceptors (Lipinski definition) is 3. The highest BCUT2D eigenvalue weighted by Crippen LogP contribution is 2.20. The molecular formula is C11H16Cl2N2O2. The Morgan fingerprint density at radius 1 is 1.41 bits per heavy atom. The van der Waals surface area contributed by atoms with E-state index >= 15 is 0 Å². The van der Waals surface area contributed by atoms with Crippen molar-refractivity contribution in [3.63, 3.8) is 0 Å². The largest absolute Gasteiger partial charge is 0.448 e. The Kier molecular flexibility index (Phi) is 7.70. The first kappa shape index (κ1) is 16.0. The number of ether oxygens (including phenoxy) is 1. The van der Waals surface area contributed by atoms with Crippen LogP contribution >= 0.6 is 24.0 Å². The van der Waals surface area contributed by atoms with Crippen molar-refractivity contribution in [1.82, 2.24) is 4.90 Å². The maximum absolute atomic E-state index is 11.3. The highest BCUT2D eigenvalue weighted by molar-refractivity contribution is 6.33. The highest BCUT2D eigenvalue weighted by Gasteiger charge is 2.05. The molecule has 0 unspecified atom stereocenters. The Morgan fingerprint density at radius 3 is 2.65 bits per heavy atom. The van der Waals surface area contributed by atoms with Crippen LogP contribution in [0.2, 0.25) is 5.02 Å². The van der Waals surface area contributed by atoms with Gasteiger partial charge in [0.15, 0.2) is 0 Å². The quantitative estimate of drug-likeness (QED) is 0.921. The highest BCUT2D eigenvalue weighted by atomic mass is 35.5. The zero-order valence-electron chi connectivity index (χ0n) is 9.77. The lowest BCUT2D eigenvalue weighted by molar-refractivity contribution is 0.151. The van der Waals surface area contributed by atoms with Crippen LogP contribution in [-0.2, 0) is 4.74 Å². The molecule has 96 valence electrons. The molecule has 0 aliphatic rings. The molecule has 0 atom stereocenters. The molecule has 1 amide bonds. The van der Waals surface area contributed by atoms with Crippen LogP contribution in [0.4, 0.5) is 10.5 Å². The topological polar surface area (TPSA) is 41.6 Å². The standard InChI is InChI=1S/C11H15ClN2O2.ClH/c1-14(2)7-8-16-11(15)13-10-6-4-3-5-9(10)12;/h3-6H,7-8H2,1-2H3,(H,13,15);1H. The fraction of sp³-hybridized carbons (Fsp3) is 0.364. The molecule has 0 aliphatic heterocycles. The third kappa shape index (κ3) is 6.36. The van der Waals surface area contributed by atoms with Crippen molar-refractivity contribution in [2.24, 2.45) is 0 Å². The van der Waals surface area contributed by atoms with E-state index in [0.29, 0.717) is 23.9 Å². The van der Waals surface area contributed by atoms with Crippen molar-refractivity contribution in [3.05, 3.63) is 29.3 Å². The number of amides is 1. The molecule has 6 heteroatoms. The number of nitrogens with zero attached hydrogens (tertiary/aromatic N) is 1. The van der Waals surface area contributed by atoms with E-state index in [1.807, 2.05) is 19.0 Å². The number of rotatable bonds is 4. The maximum Gasteiger partial charge on any atom is 0.411 e. The van der Waals surface area contributed by atoms with E-state index in [4.69, 9.17) is 16.3 Å². The molecule has 0 aliphatic carbocycles. The van der Waals surface area contributed by atoms with Gasteiger partial charge in [-0.05, 0) is 26.2 Å². The number of nitrogens with one attached hydrogen (secondary N) is 1. The number of benzene rings is 1. The summed E-state index contributed by atoms with van der Waals surface area (Å²) in [5.74, 6) is 0. The zero-order chi connectivity index (χ0) is 12.0. The van der Waals surface area contributed by atoms with Gasteiger partial charge in [0.2, 0.25) is 0 Å². The summed E-state index contributed by atoms with van der Waals surface area (Å²) in [5, 5.41) is 3.06. The van der Waals surface area contributed by atoms with Gasteiger partial charge in [-0.1, -0.05) is 23.7 Å². The van der Waals surface area contributed by atoms with Crippen molar-refractivity contribution >= 4 is 35.8 Å². The lowest BCUT2D eigenvalue weighted by Crippen LogP contribution is -2.22. The summed E-state index contributed by atoms with van der Waals surface area (Å²) >= 11 is 5.87. The van der Waals surface area contributed by atoms with Crippen molar-refractivity contribution < 1.29 is 9.53 Å². The van der Waals surface area contributed by atoms with Gasteiger partial charge < -0.3 is 9.64 Å². The monoisotopic (exact) mass is 278 g/mol. The van der Waals surface area contributed by atoms with Gasteiger partial charge in [0.05, 0.1) is 10.7 Å². The molecule has 0 aromatic heterocycles. The Morgan fingerprint density at radius 2 is 2.06 bits per heavy atom. The van der Waals surface area contributed by atoms with Gasteiger partial charge in [-0.2, -0.15) is 0 Å². The first-order valence-electron chi connectivity index (χ1n) is 4.92. The SMILES string of the molecule is CN(C)CCOC(=O)Nc1ccccc1Cl.Cl. The number of anilines is 1. The Bertz CT molecular complexity index is 359. The van der Waals surface area contributed by atoms with E-state index in [2.05, 4.69) is 5.32 Å². The molecule has 0 spiro atoms. The van der Waals surface area contributed by atoms with Crippen molar-refractivity contribution in [2.75, 3.05) is 32.6 Å². The lowest BCUT2D eigenvalue weighted by Gasteiger charge is -2.11. The van der Waals surface area contributed by atoms with Crippen molar-refractivity contribution in [1.29, 1.82) is 0 Å². The zero-order valence-corrected chi connectivity index (χ0v) is 11.3. The van der Waals surface area contributed by atoms with E-state index in [1.54, 1.807) is 24.3 Å². The second-order valence-electron chi connectivity index (χ2n) is 3.54. The average Bonchev–Trinajstić information content (AvgIpc) is 2.21. The molecule has 0 heterocycles. The number of carbonyl (C=O) groups is 1. The number of halogens is 2. The average molecular weight is 279 g/mol. The first-order chi connectivity index (χ1) is 7.59. The van der Waals surface area contributed by atoms with E-state index < -0.39 is 6.09 Å². The van der Waals surface area contributed by atoms with Crippen LogP contribution in [0.25, 0.3) is 0 Å². The Hall–Kier alpha value is -0.970. The normalized spacial score (nSPS) is 9.65. The summed E-state index contributed by atoms with van der Waals surface area (Å²) in [6.45, 7) is 1.04. The van der Waals surface area contributed by atoms with Crippen LogP contribution in [0.3, 0.4) is 0 Å². The fourth-order valence-corrected chi connectivity index (χ4v) is 1.21. The number of carbonyl (C=O) groups excluding carboxylic acids is 1. The van der Waals surface area contributed by atoms with Gasteiger partial charge in [0.1, 0.15) is 6.61 Å². The van der Waals surface area contributed by atoms with Gasteiger partial charge in [-0.25, -0.2) is 4.79 Å². The second kappa shape index (κ2) is 8.17. The summed E-state index contributed by atoms with van der Waals surface area (Å²) in [4.78, 5) is 13.3. The van der Waals surface area contributed by atoms with Gasteiger partial charge >= 0.3 is 6.09 Å². The van der Waals surface area contributed by atoms with Crippen molar-refractivity contribution in [2.45, 2.75) is 0 Å². The third-order valence-electron chi connectivity index (χ3n) is 1.88. The molecule has 4 nitrogen and oxygen atoms in total. The van der Waals surface area contributed by atoms with Gasteiger partial charge in [-0.15, -0.1) is 12.4 Å². The first-order valence-corrected chi connectivity index (χ1v) is 5.30. The lowest BCUT2D eigenvalue weighted by atomic mass is 10.3. The molecular weight excluding hydrogens is 263 g/mol. The number of para-hydroxylation sites is 1. The van der Waals surface area contributed by atoms with Crippen LogP contribution in [0.5, 0.6) is 0 Å². The predicted octanol–water partition coefficient (Wildman–Crippen LogP) is 2.87. The second-order valence-corrected chi connectivity index (χ2v) is 3.95. The van der Waals surface area contributed by atoms with Gasteiger partial charge in [0, 0.05) is 6.54 Å². The van der Waals surface area contributed by atoms with Crippen LogP contribution in [0.15, 0.2) is 24.3 Å². The summed E-state index contributed by atoms with van der Waals surface area (Å²) in [7, 11) is 3.82. The maximum atomic E-state index is 11.3. The predicted molar refractivity (Wildman–Crippen MR) is 72.2 cm³/mol.